The second-order valence-electron chi connectivity index (χ2n) is 6.95. The molecule has 0 aliphatic carbocycles. The van der Waals surface area contributed by atoms with Gasteiger partial charge in [-0.25, -0.2) is 4.98 Å². The molecule has 2 heterocycles. The highest BCUT2D eigenvalue weighted by Crippen LogP contribution is 2.20. The van der Waals surface area contributed by atoms with E-state index in [0.717, 1.165) is 44.7 Å². The Morgan fingerprint density at radius 1 is 1.11 bits per heavy atom. The van der Waals surface area contributed by atoms with Crippen LogP contribution >= 0.6 is 0 Å². The van der Waals surface area contributed by atoms with Crippen LogP contribution in [0.3, 0.4) is 0 Å². The Labute approximate surface area is 166 Å². The number of nitrogens with one attached hydrogen (secondary N) is 1. The summed E-state index contributed by atoms with van der Waals surface area (Å²) < 4.78 is 5.60. The summed E-state index contributed by atoms with van der Waals surface area (Å²) >= 11 is 0. The SMILES string of the molecule is CCCCNC(=O)COc1cc(C)nc(N2CCN(c3ccccc3)CC2)n1. The molecule has 150 valence electrons. The van der Waals surface area contributed by atoms with Crippen LogP contribution in [0.4, 0.5) is 11.6 Å². The zero-order chi connectivity index (χ0) is 19.8. The average molecular weight is 383 g/mol. The van der Waals surface area contributed by atoms with Gasteiger partial charge < -0.3 is 19.9 Å². The van der Waals surface area contributed by atoms with Gasteiger partial charge >= 0.3 is 0 Å². The van der Waals surface area contributed by atoms with Crippen LogP contribution in [0.2, 0.25) is 0 Å². The van der Waals surface area contributed by atoms with Crippen molar-refractivity contribution in [1.29, 1.82) is 0 Å². The van der Waals surface area contributed by atoms with Crippen LogP contribution < -0.4 is 19.9 Å². The summed E-state index contributed by atoms with van der Waals surface area (Å²) in [4.78, 5) is 25.4. The van der Waals surface area contributed by atoms with Crippen molar-refractivity contribution in [3.63, 3.8) is 0 Å². The zero-order valence-electron chi connectivity index (χ0n) is 16.7. The first-order valence-corrected chi connectivity index (χ1v) is 9.96. The van der Waals surface area contributed by atoms with E-state index < -0.39 is 0 Å². The van der Waals surface area contributed by atoms with Crippen LogP contribution in [0.15, 0.2) is 36.4 Å². The van der Waals surface area contributed by atoms with Gasteiger partial charge in [-0.15, -0.1) is 0 Å². The van der Waals surface area contributed by atoms with E-state index in [-0.39, 0.29) is 12.5 Å². The number of hydrogen-bond donors (Lipinski definition) is 1. The van der Waals surface area contributed by atoms with Gasteiger partial charge in [0.25, 0.3) is 5.91 Å². The van der Waals surface area contributed by atoms with Crippen molar-refractivity contribution >= 4 is 17.5 Å². The highest BCUT2D eigenvalue weighted by molar-refractivity contribution is 5.77. The Morgan fingerprint density at radius 2 is 1.82 bits per heavy atom. The second kappa shape index (κ2) is 9.92. The molecule has 1 N–H and O–H groups in total. The molecule has 0 radical (unpaired) electrons. The fourth-order valence-electron chi connectivity index (χ4n) is 3.14. The van der Waals surface area contributed by atoms with Crippen LogP contribution in [0.5, 0.6) is 5.88 Å². The van der Waals surface area contributed by atoms with Gasteiger partial charge in [0.2, 0.25) is 11.8 Å². The third-order valence-electron chi connectivity index (χ3n) is 4.71. The van der Waals surface area contributed by atoms with Crippen LogP contribution in [-0.4, -0.2) is 55.2 Å². The van der Waals surface area contributed by atoms with E-state index in [1.54, 1.807) is 6.07 Å². The number of anilines is 2. The number of unbranched alkanes of at least 4 members (excludes halogenated alkanes) is 1. The van der Waals surface area contributed by atoms with Crippen molar-refractivity contribution < 1.29 is 9.53 Å². The number of para-hydroxylation sites is 1. The number of hydrogen-bond acceptors (Lipinski definition) is 6. The Balaban J connectivity index is 1.55. The molecule has 1 aliphatic heterocycles. The number of aryl methyl sites for hydroxylation is 1. The third-order valence-corrected chi connectivity index (χ3v) is 4.71. The van der Waals surface area contributed by atoms with Crippen LogP contribution in [0.25, 0.3) is 0 Å². The smallest absolute Gasteiger partial charge is 0.258 e. The van der Waals surface area contributed by atoms with E-state index in [1.807, 2.05) is 13.0 Å². The molecule has 1 aromatic heterocycles. The minimum Gasteiger partial charge on any atom is -0.467 e. The molecule has 1 aromatic carbocycles. The van der Waals surface area contributed by atoms with Gasteiger partial charge in [-0.3, -0.25) is 4.79 Å². The molecule has 3 rings (SSSR count). The first-order valence-electron chi connectivity index (χ1n) is 9.96. The number of aromatic nitrogens is 2. The van der Waals surface area contributed by atoms with Gasteiger partial charge in [-0.2, -0.15) is 4.98 Å². The third kappa shape index (κ3) is 5.58. The molecule has 2 aromatic rings. The summed E-state index contributed by atoms with van der Waals surface area (Å²) in [5, 5.41) is 2.84. The molecule has 0 unspecified atom stereocenters. The predicted octanol–water partition coefficient (Wildman–Crippen LogP) is 2.41. The lowest BCUT2D eigenvalue weighted by Gasteiger charge is -2.36. The quantitative estimate of drug-likeness (QED) is 0.706. The number of ether oxygens (including phenoxy) is 1. The summed E-state index contributed by atoms with van der Waals surface area (Å²) in [6.07, 6.45) is 2.02. The second-order valence-corrected chi connectivity index (χ2v) is 6.95. The van der Waals surface area contributed by atoms with Gasteiger partial charge in [0.05, 0.1) is 0 Å². The zero-order valence-corrected chi connectivity index (χ0v) is 16.7. The number of carbonyl (C=O) groups excluding carboxylic acids is 1. The number of piperazine rings is 1. The maximum absolute atomic E-state index is 11.8. The Hall–Kier alpha value is -2.83. The Morgan fingerprint density at radius 3 is 2.54 bits per heavy atom. The number of carbonyl (C=O) groups is 1. The molecule has 0 bridgehead atoms. The number of rotatable bonds is 8. The number of amides is 1. The normalized spacial score (nSPS) is 14.1. The van der Waals surface area contributed by atoms with Gasteiger partial charge in [-0.05, 0) is 25.5 Å². The van der Waals surface area contributed by atoms with Crippen molar-refractivity contribution in [2.75, 3.05) is 49.1 Å². The van der Waals surface area contributed by atoms with Crippen molar-refractivity contribution in [1.82, 2.24) is 15.3 Å². The Kier molecular flexibility index (Phi) is 7.06. The van der Waals surface area contributed by atoms with Crippen molar-refractivity contribution in [2.24, 2.45) is 0 Å². The number of nitrogens with zero attached hydrogens (tertiary/aromatic N) is 4. The molecular weight excluding hydrogens is 354 g/mol. The Bertz CT molecular complexity index is 761. The van der Waals surface area contributed by atoms with E-state index >= 15 is 0 Å². The first kappa shape index (κ1) is 19.9. The fraction of sp³-hybridized carbons (Fsp3) is 0.476. The van der Waals surface area contributed by atoms with Gasteiger partial charge in [-0.1, -0.05) is 31.5 Å². The first-order chi connectivity index (χ1) is 13.7. The molecule has 0 atom stereocenters. The maximum Gasteiger partial charge on any atom is 0.258 e. The van der Waals surface area contributed by atoms with Gasteiger partial charge in [0.1, 0.15) is 0 Å². The van der Waals surface area contributed by atoms with E-state index in [2.05, 4.69) is 56.3 Å². The molecule has 1 saturated heterocycles. The monoisotopic (exact) mass is 383 g/mol. The van der Waals surface area contributed by atoms with Gasteiger partial charge in [0.15, 0.2) is 6.61 Å². The number of benzene rings is 1. The van der Waals surface area contributed by atoms with Crippen LogP contribution in [0, 0.1) is 6.92 Å². The molecular formula is C21H29N5O2. The van der Waals surface area contributed by atoms with Crippen molar-refractivity contribution in [3.8, 4) is 5.88 Å². The lowest BCUT2D eigenvalue weighted by atomic mass is 10.2. The molecule has 0 spiro atoms. The van der Waals surface area contributed by atoms with E-state index in [0.29, 0.717) is 18.4 Å². The summed E-state index contributed by atoms with van der Waals surface area (Å²) in [7, 11) is 0. The highest BCUT2D eigenvalue weighted by Gasteiger charge is 2.20. The standard InChI is InChI=1S/C21H29N5O2/c1-3-4-10-22-19(27)16-28-20-15-17(2)23-21(24-20)26-13-11-25(12-14-26)18-8-6-5-7-9-18/h5-9,15H,3-4,10-14,16H2,1-2H3,(H,22,27). The van der Waals surface area contributed by atoms with Crippen LogP contribution in [-0.2, 0) is 4.79 Å². The molecule has 1 amide bonds. The van der Waals surface area contributed by atoms with Crippen molar-refractivity contribution in [3.05, 3.63) is 42.1 Å². The summed E-state index contributed by atoms with van der Waals surface area (Å²) in [6.45, 7) is 8.17. The minimum absolute atomic E-state index is 0.0264. The summed E-state index contributed by atoms with van der Waals surface area (Å²) in [5.74, 6) is 0.982. The molecule has 0 saturated carbocycles. The molecule has 7 nitrogen and oxygen atoms in total. The van der Waals surface area contributed by atoms with E-state index in [9.17, 15) is 4.79 Å². The molecule has 28 heavy (non-hydrogen) atoms. The fourth-order valence-corrected chi connectivity index (χ4v) is 3.14. The topological polar surface area (TPSA) is 70.6 Å². The summed E-state index contributed by atoms with van der Waals surface area (Å²) in [5.41, 5.74) is 2.07. The highest BCUT2D eigenvalue weighted by atomic mass is 16.5. The summed E-state index contributed by atoms with van der Waals surface area (Å²) in [6, 6.07) is 12.2. The van der Waals surface area contributed by atoms with E-state index in [4.69, 9.17) is 4.74 Å². The van der Waals surface area contributed by atoms with Crippen LogP contribution in [0.1, 0.15) is 25.5 Å². The van der Waals surface area contributed by atoms with E-state index in [1.165, 1.54) is 5.69 Å². The molecule has 7 heteroatoms. The lowest BCUT2D eigenvalue weighted by molar-refractivity contribution is -0.123. The average Bonchev–Trinajstić information content (AvgIpc) is 2.73. The van der Waals surface area contributed by atoms with Crippen molar-refractivity contribution in [2.45, 2.75) is 26.7 Å². The predicted molar refractivity (Wildman–Crippen MR) is 111 cm³/mol. The minimum atomic E-state index is -0.122. The maximum atomic E-state index is 11.8. The molecule has 1 aliphatic rings. The van der Waals surface area contributed by atoms with Gasteiger partial charge in [0, 0.05) is 50.2 Å². The molecule has 1 fully saturated rings. The lowest BCUT2D eigenvalue weighted by Crippen LogP contribution is -2.47. The largest absolute Gasteiger partial charge is 0.467 e.